The number of nitro benzene ring substituents is 1. The summed E-state index contributed by atoms with van der Waals surface area (Å²) in [7, 11) is -4.00. The predicted molar refractivity (Wildman–Crippen MR) is 114 cm³/mol. The van der Waals surface area contributed by atoms with Gasteiger partial charge in [0.25, 0.3) is 5.69 Å². The molecule has 0 aliphatic rings. The molecule has 1 unspecified atom stereocenters. The number of benzene rings is 2. The Hall–Kier alpha value is -2.78. The molecule has 0 saturated carbocycles. The maximum absolute atomic E-state index is 13.0. The third-order valence-electron chi connectivity index (χ3n) is 4.92. The first-order valence-electron chi connectivity index (χ1n) is 9.48. The number of fused-ring (bicyclic) bond motifs is 3. The van der Waals surface area contributed by atoms with Crippen molar-refractivity contribution in [1.82, 2.24) is 4.72 Å². The van der Waals surface area contributed by atoms with Gasteiger partial charge in [-0.1, -0.05) is 34.6 Å². The van der Waals surface area contributed by atoms with E-state index >= 15 is 0 Å². The highest BCUT2D eigenvalue weighted by Crippen LogP contribution is 2.33. The van der Waals surface area contributed by atoms with Gasteiger partial charge in [0.05, 0.1) is 15.9 Å². The van der Waals surface area contributed by atoms with Gasteiger partial charge in [0.15, 0.2) is 5.78 Å². The van der Waals surface area contributed by atoms with Gasteiger partial charge in [-0.3, -0.25) is 14.9 Å². The van der Waals surface area contributed by atoms with E-state index in [9.17, 15) is 23.3 Å². The third kappa shape index (κ3) is 4.08. The van der Waals surface area contributed by atoms with Crippen molar-refractivity contribution in [1.29, 1.82) is 0 Å². The zero-order valence-corrected chi connectivity index (χ0v) is 18.2. The number of nitrogens with one attached hydrogen (secondary N) is 1. The molecule has 9 heteroatoms. The van der Waals surface area contributed by atoms with Gasteiger partial charge in [-0.05, 0) is 24.1 Å². The Morgan fingerprint density at radius 3 is 2.30 bits per heavy atom. The number of hydrogen-bond donors (Lipinski definition) is 1. The Labute approximate surface area is 174 Å². The highest BCUT2D eigenvalue weighted by atomic mass is 32.2. The number of nitro groups is 1. The van der Waals surface area contributed by atoms with Crippen LogP contribution < -0.4 is 4.72 Å². The molecule has 1 heterocycles. The molecule has 8 nitrogen and oxygen atoms in total. The Bertz CT molecular complexity index is 1250. The molecule has 0 amide bonds. The molecule has 3 rings (SSSR count). The molecule has 0 aliphatic heterocycles. The monoisotopic (exact) mass is 432 g/mol. The standard InChI is InChI=1S/C21H24N2O6S/c1-12(2)19(20(24)21(3,4)5)22-30(27,28)14-7-8-15-16-10-13(23(25)26)6-9-17(16)29-18(15)11-14/h6-12,19,22H,1-5H3. The van der Waals surface area contributed by atoms with Gasteiger partial charge < -0.3 is 4.42 Å². The number of sulfonamides is 1. The van der Waals surface area contributed by atoms with E-state index in [-0.39, 0.29) is 27.9 Å². The van der Waals surface area contributed by atoms with Gasteiger partial charge in [0.1, 0.15) is 11.2 Å². The second kappa shape index (κ2) is 7.48. The number of hydrogen-bond acceptors (Lipinski definition) is 6. The molecule has 1 aromatic heterocycles. The van der Waals surface area contributed by atoms with Crippen LogP contribution in [0, 0.1) is 21.4 Å². The summed E-state index contributed by atoms with van der Waals surface area (Å²) in [5.74, 6) is -0.430. The van der Waals surface area contributed by atoms with E-state index in [1.165, 1.54) is 30.3 Å². The van der Waals surface area contributed by atoms with Crippen molar-refractivity contribution >= 4 is 43.4 Å². The first-order valence-corrected chi connectivity index (χ1v) is 11.0. The number of carbonyl (C=O) groups excluding carboxylic acids is 1. The topological polar surface area (TPSA) is 120 Å². The van der Waals surface area contributed by atoms with Crippen molar-refractivity contribution in [2.24, 2.45) is 11.3 Å². The van der Waals surface area contributed by atoms with Crippen molar-refractivity contribution in [2.75, 3.05) is 0 Å². The highest BCUT2D eigenvalue weighted by molar-refractivity contribution is 7.89. The van der Waals surface area contributed by atoms with E-state index in [2.05, 4.69) is 4.72 Å². The molecule has 3 aromatic rings. The maximum atomic E-state index is 13.0. The Kier molecular flexibility index (Phi) is 5.46. The average molecular weight is 432 g/mol. The lowest BCUT2D eigenvalue weighted by Gasteiger charge is -2.27. The molecule has 2 aromatic carbocycles. The fourth-order valence-electron chi connectivity index (χ4n) is 3.22. The molecule has 30 heavy (non-hydrogen) atoms. The largest absolute Gasteiger partial charge is 0.456 e. The number of carbonyl (C=O) groups is 1. The molecule has 1 atom stereocenters. The summed E-state index contributed by atoms with van der Waals surface area (Å²) in [6.07, 6.45) is 0. The van der Waals surface area contributed by atoms with E-state index in [4.69, 9.17) is 4.42 Å². The fourth-order valence-corrected chi connectivity index (χ4v) is 4.58. The SMILES string of the molecule is CC(C)C(NS(=O)(=O)c1ccc2c(c1)oc1ccc([N+](=O)[O-])cc12)C(=O)C(C)(C)C. The summed E-state index contributed by atoms with van der Waals surface area (Å²) < 4.78 is 34.2. The van der Waals surface area contributed by atoms with Crippen LogP contribution in [0.5, 0.6) is 0 Å². The zero-order valence-electron chi connectivity index (χ0n) is 17.4. The lowest BCUT2D eigenvalue weighted by Crippen LogP contribution is -2.48. The number of furan rings is 1. The maximum Gasteiger partial charge on any atom is 0.270 e. The molecule has 1 N–H and O–H groups in total. The first-order chi connectivity index (χ1) is 13.8. The summed E-state index contributed by atoms with van der Waals surface area (Å²) in [4.78, 5) is 23.2. The fraction of sp³-hybridized carbons (Fsp3) is 0.381. The van der Waals surface area contributed by atoms with Gasteiger partial charge in [-0.25, -0.2) is 13.1 Å². The summed E-state index contributed by atoms with van der Waals surface area (Å²) in [5, 5.41) is 12.1. The van der Waals surface area contributed by atoms with E-state index < -0.39 is 26.4 Å². The van der Waals surface area contributed by atoms with Gasteiger partial charge in [0, 0.05) is 34.4 Å². The Morgan fingerprint density at radius 2 is 1.73 bits per heavy atom. The molecule has 0 fully saturated rings. The van der Waals surface area contributed by atoms with Gasteiger partial charge in [-0.15, -0.1) is 0 Å². The smallest absolute Gasteiger partial charge is 0.270 e. The number of rotatable bonds is 6. The van der Waals surface area contributed by atoms with E-state index in [0.29, 0.717) is 16.4 Å². The molecule has 160 valence electrons. The van der Waals surface area contributed by atoms with Gasteiger partial charge in [0.2, 0.25) is 10.0 Å². The molecule has 0 radical (unpaired) electrons. The number of non-ortho nitro benzene ring substituents is 1. The summed E-state index contributed by atoms with van der Waals surface area (Å²) in [5.41, 5.74) is -0.0729. The Morgan fingerprint density at radius 1 is 1.07 bits per heavy atom. The van der Waals surface area contributed by atoms with Crippen LogP contribution in [0.3, 0.4) is 0 Å². The highest BCUT2D eigenvalue weighted by Gasteiger charge is 2.35. The lowest BCUT2D eigenvalue weighted by atomic mass is 9.83. The van der Waals surface area contributed by atoms with Crippen molar-refractivity contribution in [3.63, 3.8) is 0 Å². The van der Waals surface area contributed by atoms with E-state index in [0.717, 1.165) is 0 Å². The van der Waals surface area contributed by atoms with Crippen molar-refractivity contribution in [3.05, 3.63) is 46.5 Å². The second-order valence-electron chi connectivity index (χ2n) is 8.65. The molecule has 0 bridgehead atoms. The minimum Gasteiger partial charge on any atom is -0.456 e. The van der Waals surface area contributed by atoms with Crippen LogP contribution in [-0.2, 0) is 14.8 Å². The predicted octanol–water partition coefficient (Wildman–Crippen LogP) is 4.41. The Balaban J connectivity index is 2.03. The zero-order chi connectivity index (χ0) is 22.4. The van der Waals surface area contributed by atoms with Gasteiger partial charge in [-0.2, -0.15) is 0 Å². The molecule has 0 aliphatic carbocycles. The second-order valence-corrected chi connectivity index (χ2v) is 10.4. The van der Waals surface area contributed by atoms with Crippen LogP contribution in [0.15, 0.2) is 45.7 Å². The minimum absolute atomic E-state index is 0.0454. The molecular weight excluding hydrogens is 408 g/mol. The van der Waals surface area contributed by atoms with Crippen LogP contribution in [0.25, 0.3) is 21.9 Å². The van der Waals surface area contributed by atoms with Crippen LogP contribution >= 0.6 is 0 Å². The summed E-state index contributed by atoms with van der Waals surface area (Å²) in [6, 6.07) is 7.65. The van der Waals surface area contributed by atoms with Crippen LogP contribution in [-0.4, -0.2) is 25.2 Å². The summed E-state index contributed by atoms with van der Waals surface area (Å²) in [6.45, 7) is 8.81. The number of nitrogens with zero attached hydrogens (tertiary/aromatic N) is 1. The quantitative estimate of drug-likeness (QED) is 0.455. The van der Waals surface area contributed by atoms with Crippen molar-refractivity contribution < 1.29 is 22.6 Å². The molecule has 0 spiro atoms. The lowest BCUT2D eigenvalue weighted by molar-refractivity contribution is -0.384. The van der Waals surface area contributed by atoms with Crippen molar-refractivity contribution in [3.8, 4) is 0 Å². The molecule has 0 saturated heterocycles. The van der Waals surface area contributed by atoms with E-state index in [1.807, 2.05) is 0 Å². The van der Waals surface area contributed by atoms with Crippen LogP contribution in [0.4, 0.5) is 5.69 Å². The first kappa shape index (κ1) is 21.9. The van der Waals surface area contributed by atoms with Gasteiger partial charge >= 0.3 is 0 Å². The van der Waals surface area contributed by atoms with Crippen molar-refractivity contribution in [2.45, 2.75) is 45.6 Å². The van der Waals surface area contributed by atoms with E-state index in [1.54, 1.807) is 40.7 Å². The third-order valence-corrected chi connectivity index (χ3v) is 6.36. The van der Waals surface area contributed by atoms with Crippen LogP contribution in [0.1, 0.15) is 34.6 Å². The van der Waals surface area contributed by atoms with Crippen LogP contribution in [0.2, 0.25) is 0 Å². The molecular formula is C21H24N2O6S. The average Bonchev–Trinajstić information content (AvgIpc) is 3.01. The number of ketones is 1. The summed E-state index contributed by atoms with van der Waals surface area (Å²) >= 11 is 0. The number of Topliss-reactive ketones (excluding diaryl/α,β-unsaturated/α-hetero) is 1. The minimum atomic E-state index is -4.00. The normalized spacial score (nSPS) is 13.8.